The van der Waals surface area contributed by atoms with Gasteiger partial charge in [-0.05, 0) is 38.3 Å². The molecule has 1 aliphatic heterocycles. The molecule has 0 spiro atoms. The average molecular weight is 323 g/mol. The van der Waals surface area contributed by atoms with E-state index in [0.29, 0.717) is 25.3 Å². The van der Waals surface area contributed by atoms with E-state index in [9.17, 15) is 9.59 Å². The number of benzene rings is 1. The van der Waals surface area contributed by atoms with E-state index >= 15 is 0 Å². The van der Waals surface area contributed by atoms with Gasteiger partial charge in [-0.1, -0.05) is 18.2 Å². The van der Waals surface area contributed by atoms with Gasteiger partial charge in [0.15, 0.2) is 0 Å². The molecule has 0 bridgehead atoms. The van der Waals surface area contributed by atoms with Crippen LogP contribution < -0.4 is 0 Å². The maximum Gasteiger partial charge on any atom is 0.257 e. The van der Waals surface area contributed by atoms with Crippen molar-refractivity contribution in [2.24, 2.45) is 5.92 Å². The van der Waals surface area contributed by atoms with E-state index in [1.807, 2.05) is 43.0 Å². The highest BCUT2D eigenvalue weighted by Gasteiger charge is 2.37. The van der Waals surface area contributed by atoms with Crippen molar-refractivity contribution in [1.29, 1.82) is 0 Å². The normalized spacial score (nSPS) is 17.6. The highest BCUT2D eigenvalue weighted by Crippen LogP contribution is 2.32. The number of carbonyl (C=O) groups is 2. The van der Waals surface area contributed by atoms with Crippen LogP contribution in [-0.2, 0) is 4.79 Å². The van der Waals surface area contributed by atoms with Crippen molar-refractivity contribution in [3.05, 3.63) is 41.1 Å². The van der Waals surface area contributed by atoms with Crippen LogP contribution in [0.3, 0.4) is 0 Å². The lowest BCUT2D eigenvalue weighted by Gasteiger charge is -2.20. The van der Waals surface area contributed by atoms with Crippen LogP contribution in [0.2, 0.25) is 0 Å². The quantitative estimate of drug-likeness (QED) is 0.853. The van der Waals surface area contributed by atoms with Crippen molar-refractivity contribution in [2.45, 2.75) is 26.7 Å². The lowest BCUT2D eigenvalue weighted by atomic mass is 10.0. The van der Waals surface area contributed by atoms with Crippen molar-refractivity contribution in [3.63, 3.8) is 0 Å². The predicted molar refractivity (Wildman–Crippen MR) is 91.6 cm³/mol. The van der Waals surface area contributed by atoms with Gasteiger partial charge in [-0.3, -0.25) is 14.6 Å². The number of hydrogen-bond donors (Lipinski definition) is 0. The summed E-state index contributed by atoms with van der Waals surface area (Å²) >= 11 is 0. The molecule has 1 aliphatic carbocycles. The third kappa shape index (κ3) is 2.44. The minimum Gasteiger partial charge on any atom is -0.323 e. The van der Waals surface area contributed by atoms with Gasteiger partial charge in [0.25, 0.3) is 5.91 Å². The lowest BCUT2D eigenvalue weighted by Crippen LogP contribution is -2.35. The van der Waals surface area contributed by atoms with Gasteiger partial charge in [-0.2, -0.15) is 0 Å². The van der Waals surface area contributed by atoms with Crippen molar-refractivity contribution < 1.29 is 9.59 Å². The van der Waals surface area contributed by atoms with Crippen LogP contribution in [0, 0.1) is 19.8 Å². The van der Waals surface area contributed by atoms with E-state index < -0.39 is 0 Å². The van der Waals surface area contributed by atoms with Crippen LogP contribution in [-0.4, -0.2) is 46.4 Å². The summed E-state index contributed by atoms with van der Waals surface area (Å²) in [4.78, 5) is 33.4. The fourth-order valence-corrected chi connectivity index (χ4v) is 3.53. The van der Waals surface area contributed by atoms with Crippen LogP contribution in [0.5, 0.6) is 0 Å². The molecular formula is C19H21N3O2. The highest BCUT2D eigenvalue weighted by molar-refractivity contribution is 6.01. The van der Waals surface area contributed by atoms with Gasteiger partial charge in [-0.15, -0.1) is 0 Å². The number of para-hydroxylation sites is 1. The summed E-state index contributed by atoms with van der Waals surface area (Å²) in [6.07, 6.45) is 1.99. The topological polar surface area (TPSA) is 53.5 Å². The molecule has 2 heterocycles. The monoisotopic (exact) mass is 323 g/mol. The zero-order valence-corrected chi connectivity index (χ0v) is 14.1. The van der Waals surface area contributed by atoms with Crippen LogP contribution in [0.4, 0.5) is 0 Å². The van der Waals surface area contributed by atoms with Crippen molar-refractivity contribution in [2.75, 3.05) is 19.8 Å². The summed E-state index contributed by atoms with van der Waals surface area (Å²) in [6.45, 7) is 5.51. The summed E-state index contributed by atoms with van der Waals surface area (Å²) in [5, 5.41) is 1.01. The molecule has 24 heavy (non-hydrogen) atoms. The summed E-state index contributed by atoms with van der Waals surface area (Å²) < 4.78 is 0. The Hall–Kier alpha value is -2.43. The molecule has 0 radical (unpaired) electrons. The molecule has 2 aromatic rings. The van der Waals surface area contributed by atoms with Gasteiger partial charge >= 0.3 is 0 Å². The molecule has 1 saturated carbocycles. The minimum absolute atomic E-state index is 0.0191. The second-order valence-electron chi connectivity index (χ2n) is 6.80. The van der Waals surface area contributed by atoms with Gasteiger partial charge < -0.3 is 9.80 Å². The maximum atomic E-state index is 13.0. The number of aryl methyl sites for hydroxylation is 2. The summed E-state index contributed by atoms with van der Waals surface area (Å²) in [5.74, 6) is 0.385. The fourth-order valence-electron chi connectivity index (χ4n) is 3.53. The van der Waals surface area contributed by atoms with Gasteiger partial charge in [-0.25, -0.2) is 0 Å². The molecule has 2 amide bonds. The molecular weight excluding hydrogens is 302 g/mol. The number of carbonyl (C=O) groups excluding carboxylic acids is 2. The standard InChI is InChI=1S/C19H21N3O2/c1-12-15-5-3-4-6-16(15)20-13(2)17(12)19(24)22-10-9-21(11-22)18(23)14-7-8-14/h3-6,14H,7-11H2,1-2H3. The Kier molecular flexibility index (Phi) is 3.52. The second-order valence-corrected chi connectivity index (χ2v) is 6.80. The molecule has 1 saturated heterocycles. The highest BCUT2D eigenvalue weighted by atomic mass is 16.2. The molecule has 2 aliphatic rings. The Labute approximate surface area is 141 Å². The molecule has 5 heteroatoms. The SMILES string of the molecule is Cc1nc2ccccc2c(C)c1C(=O)N1CCN(C(=O)C2CC2)C1. The average Bonchev–Trinajstić information content (AvgIpc) is 3.30. The first kappa shape index (κ1) is 15.1. The summed E-state index contributed by atoms with van der Waals surface area (Å²) in [7, 11) is 0. The zero-order valence-electron chi connectivity index (χ0n) is 14.1. The molecule has 2 fully saturated rings. The number of hydrogen-bond acceptors (Lipinski definition) is 3. The molecule has 1 aromatic carbocycles. The minimum atomic E-state index is -0.0191. The molecule has 0 N–H and O–H groups in total. The lowest BCUT2D eigenvalue weighted by molar-refractivity contribution is -0.131. The Balaban J connectivity index is 1.63. The number of amides is 2. The number of fused-ring (bicyclic) bond motifs is 1. The van der Waals surface area contributed by atoms with Gasteiger partial charge in [0.2, 0.25) is 5.91 Å². The third-order valence-corrected chi connectivity index (χ3v) is 5.05. The summed E-state index contributed by atoms with van der Waals surface area (Å²) in [6, 6.07) is 7.89. The maximum absolute atomic E-state index is 13.0. The second kappa shape index (κ2) is 5.58. The van der Waals surface area contributed by atoms with Crippen LogP contribution in [0.25, 0.3) is 10.9 Å². The van der Waals surface area contributed by atoms with E-state index in [0.717, 1.165) is 35.0 Å². The third-order valence-electron chi connectivity index (χ3n) is 5.05. The largest absolute Gasteiger partial charge is 0.323 e. The summed E-state index contributed by atoms with van der Waals surface area (Å²) in [5.41, 5.74) is 3.31. The molecule has 0 atom stereocenters. The first-order valence-corrected chi connectivity index (χ1v) is 8.50. The van der Waals surface area contributed by atoms with Gasteiger partial charge in [0, 0.05) is 24.4 Å². The first-order valence-electron chi connectivity index (χ1n) is 8.50. The van der Waals surface area contributed by atoms with Crippen LogP contribution >= 0.6 is 0 Å². The van der Waals surface area contributed by atoms with Crippen molar-refractivity contribution >= 4 is 22.7 Å². The fraction of sp³-hybridized carbons (Fsp3) is 0.421. The number of pyridine rings is 1. The Bertz CT molecular complexity index is 842. The van der Waals surface area contributed by atoms with E-state index in [4.69, 9.17) is 0 Å². The number of nitrogens with zero attached hydrogens (tertiary/aromatic N) is 3. The van der Waals surface area contributed by atoms with E-state index in [2.05, 4.69) is 4.98 Å². The predicted octanol–water partition coefficient (Wildman–Crippen LogP) is 2.50. The first-order chi connectivity index (χ1) is 11.6. The smallest absolute Gasteiger partial charge is 0.257 e. The zero-order chi connectivity index (χ0) is 16.8. The Morgan fingerprint density at radius 1 is 1.08 bits per heavy atom. The van der Waals surface area contributed by atoms with Crippen LogP contribution in [0.15, 0.2) is 24.3 Å². The van der Waals surface area contributed by atoms with Crippen molar-refractivity contribution in [3.8, 4) is 0 Å². The molecule has 5 nitrogen and oxygen atoms in total. The van der Waals surface area contributed by atoms with Gasteiger partial charge in [0.05, 0.1) is 23.4 Å². The number of rotatable bonds is 2. The van der Waals surface area contributed by atoms with Crippen molar-refractivity contribution in [1.82, 2.24) is 14.8 Å². The van der Waals surface area contributed by atoms with Crippen LogP contribution in [0.1, 0.15) is 34.5 Å². The Morgan fingerprint density at radius 3 is 2.54 bits per heavy atom. The van der Waals surface area contributed by atoms with E-state index in [1.165, 1.54) is 0 Å². The molecule has 124 valence electrons. The van der Waals surface area contributed by atoms with Gasteiger partial charge in [0.1, 0.15) is 0 Å². The Morgan fingerprint density at radius 2 is 1.79 bits per heavy atom. The number of aromatic nitrogens is 1. The van der Waals surface area contributed by atoms with E-state index in [1.54, 1.807) is 4.90 Å². The van der Waals surface area contributed by atoms with E-state index in [-0.39, 0.29) is 17.7 Å². The molecule has 1 aromatic heterocycles. The molecule has 0 unspecified atom stereocenters. The molecule has 4 rings (SSSR count).